The number of nitrogens with one attached hydrogen (secondary N) is 1. The molecule has 1 saturated heterocycles. The van der Waals surface area contributed by atoms with Crippen molar-refractivity contribution in [3.8, 4) is 0 Å². The smallest absolute Gasteiger partial charge is 0.255 e. The third-order valence-corrected chi connectivity index (χ3v) is 5.18. The van der Waals surface area contributed by atoms with E-state index < -0.39 is 0 Å². The highest BCUT2D eigenvalue weighted by Crippen LogP contribution is 2.26. The molecule has 0 atom stereocenters. The van der Waals surface area contributed by atoms with Crippen LogP contribution in [0.25, 0.3) is 0 Å². The second kappa shape index (κ2) is 9.00. The second-order valence-electron chi connectivity index (χ2n) is 7.38. The van der Waals surface area contributed by atoms with Crippen LogP contribution < -0.4 is 10.2 Å². The van der Waals surface area contributed by atoms with Gasteiger partial charge in [-0.05, 0) is 63.1 Å². The number of benzene rings is 1. The normalized spacial score (nSPS) is 14.2. The van der Waals surface area contributed by atoms with Crippen molar-refractivity contribution in [1.82, 2.24) is 9.88 Å². The van der Waals surface area contributed by atoms with E-state index in [4.69, 9.17) is 0 Å². The minimum Gasteiger partial charge on any atom is -0.355 e. The van der Waals surface area contributed by atoms with E-state index in [1.165, 1.54) is 18.4 Å². The lowest BCUT2D eigenvalue weighted by Gasteiger charge is -2.24. The lowest BCUT2D eigenvalue weighted by molar-refractivity contribution is 0.102. The van der Waals surface area contributed by atoms with Crippen LogP contribution >= 0.6 is 0 Å². The summed E-state index contributed by atoms with van der Waals surface area (Å²) in [5, 5.41) is 3.04. The Hall–Kier alpha value is -2.40. The van der Waals surface area contributed by atoms with Gasteiger partial charge in [-0.15, -0.1) is 0 Å². The highest BCUT2D eigenvalue weighted by atomic mass is 16.1. The van der Waals surface area contributed by atoms with Crippen LogP contribution in [0.15, 0.2) is 42.6 Å². The average molecular weight is 367 g/mol. The first kappa shape index (κ1) is 19.4. The Labute approximate surface area is 162 Å². The number of nitrogens with zero attached hydrogens (tertiary/aromatic N) is 3. The number of rotatable bonds is 7. The summed E-state index contributed by atoms with van der Waals surface area (Å²) in [7, 11) is 0. The van der Waals surface area contributed by atoms with Crippen LogP contribution in [0, 0.1) is 0 Å². The molecule has 5 heteroatoms. The van der Waals surface area contributed by atoms with Gasteiger partial charge in [0.1, 0.15) is 0 Å². The molecule has 144 valence electrons. The van der Waals surface area contributed by atoms with E-state index in [1.54, 1.807) is 6.20 Å². The van der Waals surface area contributed by atoms with Crippen molar-refractivity contribution in [3.63, 3.8) is 0 Å². The topological polar surface area (TPSA) is 48.5 Å². The van der Waals surface area contributed by atoms with Gasteiger partial charge in [-0.2, -0.15) is 0 Å². The zero-order valence-electron chi connectivity index (χ0n) is 16.6. The molecule has 2 heterocycles. The Kier molecular flexibility index (Phi) is 6.45. The van der Waals surface area contributed by atoms with E-state index in [1.807, 2.05) is 36.4 Å². The fraction of sp³-hybridized carbons (Fsp3) is 0.455. The molecule has 0 radical (unpaired) electrons. The molecule has 0 saturated carbocycles. The highest BCUT2D eigenvalue weighted by molar-refractivity contribution is 6.05. The SMILES string of the molecule is CCN(Cc1ccc(C(=O)Nc2cccnc2N2CCCC2)cc1)C(C)C. The maximum Gasteiger partial charge on any atom is 0.255 e. The van der Waals surface area contributed by atoms with Gasteiger partial charge in [0.15, 0.2) is 5.82 Å². The summed E-state index contributed by atoms with van der Waals surface area (Å²) in [6, 6.07) is 12.2. The number of amides is 1. The summed E-state index contributed by atoms with van der Waals surface area (Å²) in [5.74, 6) is 0.779. The van der Waals surface area contributed by atoms with Gasteiger partial charge in [-0.25, -0.2) is 4.98 Å². The number of carbonyl (C=O) groups is 1. The molecule has 0 unspecified atom stereocenters. The van der Waals surface area contributed by atoms with Crippen LogP contribution in [0.3, 0.4) is 0 Å². The molecule has 0 bridgehead atoms. The molecule has 1 aromatic heterocycles. The summed E-state index contributed by atoms with van der Waals surface area (Å²) in [6.45, 7) is 10.5. The lowest BCUT2D eigenvalue weighted by atomic mass is 10.1. The van der Waals surface area contributed by atoms with Gasteiger partial charge >= 0.3 is 0 Å². The zero-order chi connectivity index (χ0) is 19.2. The Morgan fingerprint density at radius 1 is 1.19 bits per heavy atom. The predicted molar refractivity (Wildman–Crippen MR) is 111 cm³/mol. The fourth-order valence-electron chi connectivity index (χ4n) is 3.53. The molecule has 1 N–H and O–H groups in total. The fourth-order valence-corrected chi connectivity index (χ4v) is 3.53. The molecule has 0 aliphatic carbocycles. The van der Waals surface area contributed by atoms with E-state index in [0.717, 1.165) is 37.7 Å². The quantitative estimate of drug-likeness (QED) is 0.799. The van der Waals surface area contributed by atoms with Gasteiger partial charge in [0, 0.05) is 37.4 Å². The summed E-state index contributed by atoms with van der Waals surface area (Å²) in [5.41, 5.74) is 2.68. The van der Waals surface area contributed by atoms with Crippen molar-refractivity contribution in [3.05, 3.63) is 53.7 Å². The maximum absolute atomic E-state index is 12.7. The number of hydrogen-bond acceptors (Lipinski definition) is 4. The van der Waals surface area contributed by atoms with Crippen molar-refractivity contribution in [2.24, 2.45) is 0 Å². The first-order valence-corrected chi connectivity index (χ1v) is 9.92. The number of carbonyl (C=O) groups excluding carboxylic acids is 1. The van der Waals surface area contributed by atoms with Crippen LogP contribution in [0.4, 0.5) is 11.5 Å². The largest absolute Gasteiger partial charge is 0.355 e. The Morgan fingerprint density at radius 3 is 2.52 bits per heavy atom. The molecule has 1 aromatic carbocycles. The third-order valence-electron chi connectivity index (χ3n) is 5.18. The van der Waals surface area contributed by atoms with Crippen molar-refractivity contribution in [1.29, 1.82) is 0 Å². The van der Waals surface area contributed by atoms with Crippen molar-refractivity contribution < 1.29 is 4.79 Å². The molecule has 1 aliphatic rings. The predicted octanol–water partition coefficient (Wildman–Crippen LogP) is 4.16. The molecule has 27 heavy (non-hydrogen) atoms. The number of anilines is 2. The standard InChI is InChI=1S/C22H30N4O/c1-4-25(17(2)3)16-18-9-11-19(12-10-18)22(27)24-20-8-7-13-23-21(20)26-14-5-6-15-26/h7-13,17H,4-6,14-16H2,1-3H3,(H,24,27). The lowest BCUT2D eigenvalue weighted by Crippen LogP contribution is -2.29. The minimum atomic E-state index is -0.0915. The zero-order valence-corrected chi connectivity index (χ0v) is 16.6. The van der Waals surface area contributed by atoms with Crippen molar-refractivity contribution in [2.75, 3.05) is 29.9 Å². The molecular weight excluding hydrogens is 336 g/mol. The number of pyridine rings is 1. The summed E-state index contributed by atoms with van der Waals surface area (Å²) in [4.78, 5) is 21.8. The highest BCUT2D eigenvalue weighted by Gasteiger charge is 2.18. The van der Waals surface area contributed by atoms with Gasteiger partial charge in [0.05, 0.1) is 5.69 Å². The number of aromatic nitrogens is 1. The first-order chi connectivity index (χ1) is 13.1. The van der Waals surface area contributed by atoms with E-state index in [9.17, 15) is 4.79 Å². The van der Waals surface area contributed by atoms with E-state index in [0.29, 0.717) is 11.6 Å². The van der Waals surface area contributed by atoms with Gasteiger partial charge in [0.25, 0.3) is 5.91 Å². The summed E-state index contributed by atoms with van der Waals surface area (Å²) < 4.78 is 0. The van der Waals surface area contributed by atoms with Crippen LogP contribution in [0.2, 0.25) is 0 Å². The first-order valence-electron chi connectivity index (χ1n) is 9.92. The van der Waals surface area contributed by atoms with E-state index >= 15 is 0 Å². The molecule has 1 amide bonds. The van der Waals surface area contributed by atoms with E-state index in [2.05, 4.69) is 40.9 Å². The Balaban J connectivity index is 1.68. The average Bonchev–Trinajstić information content (AvgIpc) is 3.21. The molecule has 0 spiro atoms. The maximum atomic E-state index is 12.7. The van der Waals surface area contributed by atoms with Crippen molar-refractivity contribution in [2.45, 2.75) is 46.2 Å². The van der Waals surface area contributed by atoms with Crippen LogP contribution in [-0.4, -0.2) is 41.5 Å². The molecule has 5 nitrogen and oxygen atoms in total. The van der Waals surface area contributed by atoms with Crippen LogP contribution in [0.1, 0.15) is 49.5 Å². The third kappa shape index (κ3) is 4.86. The van der Waals surface area contributed by atoms with Crippen LogP contribution in [-0.2, 0) is 6.54 Å². The Morgan fingerprint density at radius 2 is 1.89 bits per heavy atom. The van der Waals surface area contributed by atoms with Gasteiger partial charge in [-0.1, -0.05) is 19.1 Å². The summed E-state index contributed by atoms with van der Waals surface area (Å²) >= 11 is 0. The molecule has 3 rings (SSSR count). The molecule has 1 fully saturated rings. The Bertz CT molecular complexity index is 751. The molecular formula is C22H30N4O. The van der Waals surface area contributed by atoms with Crippen LogP contribution in [0.5, 0.6) is 0 Å². The molecule has 1 aliphatic heterocycles. The molecule has 2 aromatic rings. The second-order valence-corrected chi connectivity index (χ2v) is 7.38. The van der Waals surface area contributed by atoms with E-state index in [-0.39, 0.29) is 5.91 Å². The minimum absolute atomic E-state index is 0.0915. The summed E-state index contributed by atoms with van der Waals surface area (Å²) in [6.07, 6.45) is 4.14. The van der Waals surface area contributed by atoms with Crippen molar-refractivity contribution >= 4 is 17.4 Å². The van der Waals surface area contributed by atoms with Gasteiger partial charge in [-0.3, -0.25) is 9.69 Å². The van der Waals surface area contributed by atoms with Gasteiger partial charge < -0.3 is 10.2 Å². The number of hydrogen-bond donors (Lipinski definition) is 1. The monoisotopic (exact) mass is 366 g/mol. The van der Waals surface area contributed by atoms with Gasteiger partial charge in [0.2, 0.25) is 0 Å².